The van der Waals surface area contributed by atoms with Gasteiger partial charge in [0.25, 0.3) is 0 Å². The molecule has 102 valence electrons. The second-order valence-corrected chi connectivity index (χ2v) is 6.04. The Bertz CT molecular complexity index is 317. The van der Waals surface area contributed by atoms with Gasteiger partial charge in [-0.3, -0.25) is 4.90 Å². The second-order valence-electron chi connectivity index (χ2n) is 6.04. The molecule has 2 aliphatic rings. The molecule has 0 aliphatic carbocycles. The molecule has 2 aliphatic heterocycles. The Hall–Kier alpha value is -0.630. The van der Waals surface area contributed by atoms with E-state index in [2.05, 4.69) is 36.8 Å². The van der Waals surface area contributed by atoms with E-state index in [1.54, 1.807) is 0 Å². The molecule has 0 radical (unpaired) electrons. The summed E-state index contributed by atoms with van der Waals surface area (Å²) >= 11 is 0. The van der Waals surface area contributed by atoms with Gasteiger partial charge < -0.3 is 9.64 Å². The molecule has 4 heteroatoms. The Morgan fingerprint density at radius 3 is 2.50 bits per heavy atom. The summed E-state index contributed by atoms with van der Waals surface area (Å²) in [6, 6.07) is 2.61. The van der Waals surface area contributed by atoms with Gasteiger partial charge in [0.05, 0.1) is 12.2 Å². The fraction of sp³-hybridized carbons (Fsp3) is 0.929. The van der Waals surface area contributed by atoms with Crippen LogP contribution in [0.2, 0.25) is 0 Å². The Morgan fingerprint density at radius 1 is 1.28 bits per heavy atom. The molecule has 0 aromatic heterocycles. The maximum absolute atomic E-state index is 9.70. The minimum Gasteiger partial charge on any atom is -0.378 e. The normalized spacial score (nSPS) is 35.6. The maximum Gasteiger partial charge on any atom is 0.114 e. The largest absolute Gasteiger partial charge is 0.378 e. The standard InChI is InChI=1S/C14H25N3O/c1-12(2)13-10-14(11-15,4-9-18-13)17-7-5-16(3)6-8-17/h12-13H,4-10H2,1-3H3. The van der Waals surface area contributed by atoms with Crippen LogP contribution in [0, 0.1) is 17.2 Å². The van der Waals surface area contributed by atoms with Gasteiger partial charge in [0, 0.05) is 45.6 Å². The van der Waals surface area contributed by atoms with Gasteiger partial charge in [0.1, 0.15) is 5.54 Å². The summed E-state index contributed by atoms with van der Waals surface area (Å²) in [5.41, 5.74) is -0.283. The molecule has 4 nitrogen and oxygen atoms in total. The van der Waals surface area contributed by atoms with Gasteiger partial charge in [-0.2, -0.15) is 5.26 Å². The number of piperazine rings is 1. The highest BCUT2D eigenvalue weighted by molar-refractivity contribution is 5.12. The van der Waals surface area contributed by atoms with Crippen molar-refractivity contribution in [3.63, 3.8) is 0 Å². The summed E-state index contributed by atoms with van der Waals surface area (Å²) < 4.78 is 5.82. The number of hydrogen-bond acceptors (Lipinski definition) is 4. The number of nitrogens with zero attached hydrogens (tertiary/aromatic N) is 3. The van der Waals surface area contributed by atoms with E-state index in [0.717, 1.165) is 45.6 Å². The third-order valence-electron chi connectivity index (χ3n) is 4.45. The number of ether oxygens (including phenoxy) is 1. The number of hydrogen-bond donors (Lipinski definition) is 0. The molecule has 0 saturated carbocycles. The van der Waals surface area contributed by atoms with E-state index in [1.807, 2.05) is 0 Å². The van der Waals surface area contributed by atoms with Gasteiger partial charge in [0.2, 0.25) is 0 Å². The van der Waals surface area contributed by atoms with Gasteiger partial charge >= 0.3 is 0 Å². The zero-order chi connectivity index (χ0) is 13.2. The lowest BCUT2D eigenvalue weighted by atomic mass is 9.82. The predicted molar refractivity (Wildman–Crippen MR) is 71.2 cm³/mol. The molecule has 2 heterocycles. The van der Waals surface area contributed by atoms with Crippen LogP contribution in [0.3, 0.4) is 0 Å². The summed E-state index contributed by atoms with van der Waals surface area (Å²) in [7, 11) is 2.15. The van der Waals surface area contributed by atoms with Crippen LogP contribution in [0.4, 0.5) is 0 Å². The molecule has 2 atom stereocenters. The van der Waals surface area contributed by atoms with Crippen molar-refractivity contribution in [2.75, 3.05) is 39.8 Å². The average Bonchev–Trinajstić information content (AvgIpc) is 2.39. The van der Waals surface area contributed by atoms with E-state index >= 15 is 0 Å². The SMILES string of the molecule is CC(C)C1CC(C#N)(N2CCN(C)CC2)CCO1. The maximum atomic E-state index is 9.70. The second kappa shape index (κ2) is 5.56. The molecule has 0 bridgehead atoms. The van der Waals surface area contributed by atoms with Gasteiger partial charge in [0.15, 0.2) is 0 Å². The lowest BCUT2D eigenvalue weighted by Gasteiger charge is -2.47. The van der Waals surface area contributed by atoms with Crippen molar-refractivity contribution >= 4 is 0 Å². The lowest BCUT2D eigenvalue weighted by molar-refractivity contribution is -0.0779. The fourth-order valence-electron chi connectivity index (χ4n) is 3.00. The van der Waals surface area contributed by atoms with Crippen LogP contribution in [0.5, 0.6) is 0 Å². The topological polar surface area (TPSA) is 39.5 Å². The van der Waals surface area contributed by atoms with Crippen molar-refractivity contribution in [2.24, 2.45) is 5.92 Å². The van der Waals surface area contributed by atoms with E-state index in [-0.39, 0.29) is 11.6 Å². The predicted octanol–water partition coefficient (Wildman–Crippen LogP) is 1.33. The van der Waals surface area contributed by atoms with E-state index in [9.17, 15) is 5.26 Å². The first kappa shape index (κ1) is 13.8. The van der Waals surface area contributed by atoms with Gasteiger partial charge in [-0.05, 0) is 13.0 Å². The van der Waals surface area contributed by atoms with Crippen molar-refractivity contribution in [2.45, 2.75) is 38.3 Å². The van der Waals surface area contributed by atoms with Crippen LogP contribution in [-0.4, -0.2) is 61.3 Å². The first-order valence-corrected chi connectivity index (χ1v) is 7.04. The lowest BCUT2D eigenvalue weighted by Crippen LogP contribution is -2.59. The molecular formula is C14H25N3O. The number of rotatable bonds is 2. The van der Waals surface area contributed by atoms with Gasteiger partial charge in [-0.1, -0.05) is 13.8 Å². The van der Waals surface area contributed by atoms with Crippen LogP contribution in [0.1, 0.15) is 26.7 Å². The van der Waals surface area contributed by atoms with E-state index in [4.69, 9.17) is 4.74 Å². The Kier molecular flexibility index (Phi) is 4.26. The first-order valence-electron chi connectivity index (χ1n) is 7.04. The third-order valence-corrected chi connectivity index (χ3v) is 4.45. The minimum absolute atomic E-state index is 0.234. The quantitative estimate of drug-likeness (QED) is 0.742. The Balaban J connectivity index is 2.08. The van der Waals surface area contributed by atoms with Crippen LogP contribution in [-0.2, 0) is 4.74 Å². The first-order chi connectivity index (χ1) is 8.57. The monoisotopic (exact) mass is 251 g/mol. The summed E-state index contributed by atoms with van der Waals surface area (Å²) in [5.74, 6) is 0.491. The summed E-state index contributed by atoms with van der Waals surface area (Å²) in [5, 5.41) is 9.70. The molecular weight excluding hydrogens is 226 g/mol. The van der Waals surface area contributed by atoms with Crippen molar-refractivity contribution in [1.82, 2.24) is 9.80 Å². The minimum atomic E-state index is -0.283. The zero-order valence-corrected chi connectivity index (χ0v) is 11.9. The van der Waals surface area contributed by atoms with Crippen LogP contribution in [0.25, 0.3) is 0 Å². The molecule has 0 aromatic carbocycles. The summed E-state index contributed by atoms with van der Waals surface area (Å²) in [4.78, 5) is 4.73. The average molecular weight is 251 g/mol. The van der Waals surface area contributed by atoms with Crippen molar-refractivity contribution < 1.29 is 4.74 Å². The molecule has 0 aromatic rings. The van der Waals surface area contributed by atoms with Crippen molar-refractivity contribution in [3.8, 4) is 6.07 Å². The van der Waals surface area contributed by atoms with Gasteiger partial charge in [-0.15, -0.1) is 0 Å². The van der Waals surface area contributed by atoms with Crippen molar-refractivity contribution in [3.05, 3.63) is 0 Å². The molecule has 2 saturated heterocycles. The van der Waals surface area contributed by atoms with E-state index in [0.29, 0.717) is 5.92 Å². The highest BCUT2D eigenvalue weighted by Gasteiger charge is 2.43. The molecule has 2 unspecified atom stereocenters. The third kappa shape index (κ3) is 2.69. The highest BCUT2D eigenvalue weighted by Crippen LogP contribution is 2.33. The highest BCUT2D eigenvalue weighted by atomic mass is 16.5. The number of nitriles is 1. The van der Waals surface area contributed by atoms with E-state index in [1.165, 1.54) is 0 Å². The number of likely N-dealkylation sites (N-methyl/N-ethyl adjacent to an activating group) is 1. The smallest absolute Gasteiger partial charge is 0.114 e. The Morgan fingerprint density at radius 2 is 1.94 bits per heavy atom. The zero-order valence-electron chi connectivity index (χ0n) is 11.9. The van der Waals surface area contributed by atoms with Crippen LogP contribution >= 0.6 is 0 Å². The van der Waals surface area contributed by atoms with Gasteiger partial charge in [-0.25, -0.2) is 0 Å². The van der Waals surface area contributed by atoms with E-state index < -0.39 is 0 Å². The molecule has 0 spiro atoms. The Labute approximate surface area is 110 Å². The molecule has 2 fully saturated rings. The van der Waals surface area contributed by atoms with Crippen LogP contribution < -0.4 is 0 Å². The van der Waals surface area contributed by atoms with Crippen molar-refractivity contribution in [1.29, 1.82) is 5.26 Å². The molecule has 2 rings (SSSR count). The summed E-state index contributed by atoms with van der Waals surface area (Å²) in [6.07, 6.45) is 1.96. The molecule has 0 N–H and O–H groups in total. The summed E-state index contributed by atoms with van der Waals surface area (Å²) in [6.45, 7) is 9.24. The molecule has 0 amide bonds. The van der Waals surface area contributed by atoms with Crippen LogP contribution in [0.15, 0.2) is 0 Å². The molecule has 18 heavy (non-hydrogen) atoms. The fourth-order valence-corrected chi connectivity index (χ4v) is 3.00.